The van der Waals surface area contributed by atoms with Crippen molar-refractivity contribution in [2.75, 3.05) is 13.1 Å². The summed E-state index contributed by atoms with van der Waals surface area (Å²) in [5.74, 6) is -0.503. The van der Waals surface area contributed by atoms with Gasteiger partial charge in [-0.3, -0.25) is 14.6 Å². The van der Waals surface area contributed by atoms with Crippen LogP contribution < -0.4 is 5.73 Å². The van der Waals surface area contributed by atoms with Gasteiger partial charge in [0.25, 0.3) is 0 Å². The zero-order valence-electron chi connectivity index (χ0n) is 12.4. The van der Waals surface area contributed by atoms with Gasteiger partial charge in [-0.25, -0.2) is 0 Å². The second kappa shape index (κ2) is 6.13. The second-order valence-electron chi connectivity index (χ2n) is 5.75. The van der Waals surface area contributed by atoms with E-state index in [1.54, 1.807) is 11.1 Å². The molecule has 0 radical (unpaired) electrons. The number of amides is 2. The van der Waals surface area contributed by atoms with Crippen molar-refractivity contribution in [3.8, 4) is 0 Å². The molecule has 0 bridgehead atoms. The number of fused-ring (bicyclic) bond motifs is 1. The number of hydrogen-bond donors (Lipinski definition) is 1. The topological polar surface area (TPSA) is 76.3 Å². The molecule has 1 saturated heterocycles. The molecule has 0 spiro atoms. The number of nitrogens with two attached hydrogens (primary N) is 1. The van der Waals surface area contributed by atoms with E-state index in [1.165, 1.54) is 0 Å². The predicted molar refractivity (Wildman–Crippen MR) is 83.9 cm³/mol. The van der Waals surface area contributed by atoms with Gasteiger partial charge in [-0.15, -0.1) is 0 Å². The van der Waals surface area contributed by atoms with E-state index >= 15 is 0 Å². The van der Waals surface area contributed by atoms with Gasteiger partial charge < -0.3 is 10.6 Å². The molecule has 1 fully saturated rings. The van der Waals surface area contributed by atoms with Gasteiger partial charge in [0.2, 0.25) is 11.8 Å². The maximum atomic E-state index is 12.5. The van der Waals surface area contributed by atoms with Crippen molar-refractivity contribution in [2.24, 2.45) is 11.7 Å². The number of benzene rings is 1. The Balaban J connectivity index is 1.77. The number of pyridine rings is 1. The molecule has 5 nitrogen and oxygen atoms in total. The van der Waals surface area contributed by atoms with Gasteiger partial charge in [0.15, 0.2) is 0 Å². The lowest BCUT2D eigenvalue weighted by Crippen LogP contribution is -2.44. The summed E-state index contributed by atoms with van der Waals surface area (Å²) >= 11 is 0. The van der Waals surface area contributed by atoms with Gasteiger partial charge in [0.1, 0.15) is 0 Å². The number of carbonyl (C=O) groups is 2. The summed E-state index contributed by atoms with van der Waals surface area (Å²) in [6, 6.07) is 9.73. The van der Waals surface area contributed by atoms with Crippen LogP contribution in [0.5, 0.6) is 0 Å². The van der Waals surface area contributed by atoms with Crippen molar-refractivity contribution >= 4 is 22.7 Å². The van der Waals surface area contributed by atoms with Gasteiger partial charge in [0.05, 0.1) is 17.9 Å². The highest BCUT2D eigenvalue weighted by Gasteiger charge is 2.27. The summed E-state index contributed by atoms with van der Waals surface area (Å²) in [7, 11) is 0. The smallest absolute Gasteiger partial charge is 0.227 e. The fourth-order valence-corrected chi connectivity index (χ4v) is 3.02. The largest absolute Gasteiger partial charge is 0.369 e. The van der Waals surface area contributed by atoms with E-state index in [2.05, 4.69) is 4.98 Å². The highest BCUT2D eigenvalue weighted by Crippen LogP contribution is 2.20. The Morgan fingerprint density at radius 1 is 1.27 bits per heavy atom. The first kappa shape index (κ1) is 14.5. The maximum Gasteiger partial charge on any atom is 0.227 e. The molecule has 0 unspecified atom stereocenters. The Morgan fingerprint density at radius 3 is 2.91 bits per heavy atom. The van der Waals surface area contributed by atoms with Crippen LogP contribution in [0.4, 0.5) is 0 Å². The van der Waals surface area contributed by atoms with Gasteiger partial charge in [-0.1, -0.05) is 24.3 Å². The summed E-state index contributed by atoms with van der Waals surface area (Å²) in [6.45, 7) is 1.13. The molecule has 1 aromatic carbocycles. The number of primary amides is 1. The molecule has 22 heavy (non-hydrogen) atoms. The monoisotopic (exact) mass is 297 g/mol. The molecule has 1 aromatic heterocycles. The van der Waals surface area contributed by atoms with Crippen LogP contribution in [0.2, 0.25) is 0 Å². The van der Waals surface area contributed by atoms with Gasteiger partial charge in [-0.05, 0) is 24.5 Å². The van der Waals surface area contributed by atoms with E-state index in [1.807, 2.05) is 30.3 Å². The van der Waals surface area contributed by atoms with Crippen molar-refractivity contribution in [1.29, 1.82) is 0 Å². The Kier molecular flexibility index (Phi) is 4.04. The Hall–Kier alpha value is -2.43. The summed E-state index contributed by atoms with van der Waals surface area (Å²) in [5.41, 5.74) is 7.15. The van der Waals surface area contributed by atoms with Crippen molar-refractivity contribution in [2.45, 2.75) is 19.3 Å². The molecule has 2 aromatic rings. The molecule has 114 valence electrons. The molecule has 1 atom stereocenters. The van der Waals surface area contributed by atoms with Gasteiger partial charge >= 0.3 is 0 Å². The zero-order chi connectivity index (χ0) is 15.5. The number of nitrogens with zero attached hydrogens (tertiary/aromatic N) is 2. The summed E-state index contributed by atoms with van der Waals surface area (Å²) in [4.78, 5) is 30.0. The quantitative estimate of drug-likeness (QED) is 0.932. The molecule has 1 aliphatic heterocycles. The van der Waals surface area contributed by atoms with Crippen LogP contribution in [0.25, 0.3) is 10.9 Å². The first-order valence-corrected chi connectivity index (χ1v) is 7.55. The van der Waals surface area contributed by atoms with Crippen LogP contribution in [0.3, 0.4) is 0 Å². The number of rotatable bonds is 3. The fraction of sp³-hybridized carbons (Fsp3) is 0.353. The molecule has 2 heterocycles. The minimum atomic E-state index is -0.315. The lowest BCUT2D eigenvalue weighted by molar-refractivity contribution is -0.134. The Labute approximate surface area is 129 Å². The summed E-state index contributed by atoms with van der Waals surface area (Å²) < 4.78 is 0. The zero-order valence-corrected chi connectivity index (χ0v) is 12.4. The SMILES string of the molecule is NC(=O)[C@H]1CCCN(C(=O)Cc2cccc3cccnc23)C1. The molecular formula is C17H19N3O2. The lowest BCUT2D eigenvalue weighted by atomic mass is 9.96. The molecule has 5 heteroatoms. The van der Waals surface area contributed by atoms with Gasteiger partial charge in [-0.2, -0.15) is 0 Å². The van der Waals surface area contributed by atoms with Crippen molar-refractivity contribution < 1.29 is 9.59 Å². The van der Waals surface area contributed by atoms with Crippen LogP contribution in [0, 0.1) is 5.92 Å². The summed E-state index contributed by atoms with van der Waals surface area (Å²) in [5, 5.41) is 1.03. The average molecular weight is 297 g/mol. The third kappa shape index (κ3) is 2.93. The third-order valence-corrected chi connectivity index (χ3v) is 4.23. The standard InChI is InChI=1S/C17H19N3O2/c18-17(22)14-7-3-9-20(11-14)15(21)10-13-5-1-4-12-6-2-8-19-16(12)13/h1-2,4-6,8,14H,3,7,9-11H2,(H2,18,22)/t14-/m0/s1. The fourth-order valence-electron chi connectivity index (χ4n) is 3.02. The molecule has 2 N–H and O–H groups in total. The molecular weight excluding hydrogens is 278 g/mol. The Bertz CT molecular complexity index is 709. The van der Waals surface area contributed by atoms with Crippen molar-refractivity contribution in [3.63, 3.8) is 0 Å². The van der Waals surface area contributed by atoms with E-state index in [-0.39, 0.29) is 17.7 Å². The minimum Gasteiger partial charge on any atom is -0.369 e. The molecule has 1 aliphatic rings. The van der Waals surface area contributed by atoms with E-state index in [0.717, 1.165) is 29.3 Å². The van der Waals surface area contributed by atoms with Crippen molar-refractivity contribution in [1.82, 2.24) is 9.88 Å². The van der Waals surface area contributed by atoms with E-state index in [9.17, 15) is 9.59 Å². The maximum absolute atomic E-state index is 12.5. The number of aromatic nitrogens is 1. The Morgan fingerprint density at radius 2 is 2.09 bits per heavy atom. The number of hydrogen-bond acceptors (Lipinski definition) is 3. The van der Waals surface area contributed by atoms with Crippen LogP contribution in [0.1, 0.15) is 18.4 Å². The number of piperidine rings is 1. The second-order valence-corrected chi connectivity index (χ2v) is 5.75. The van der Waals surface area contributed by atoms with Crippen LogP contribution in [-0.2, 0) is 16.0 Å². The molecule has 0 aliphatic carbocycles. The van der Waals surface area contributed by atoms with E-state index in [0.29, 0.717) is 19.5 Å². The van der Waals surface area contributed by atoms with Crippen molar-refractivity contribution in [3.05, 3.63) is 42.1 Å². The van der Waals surface area contributed by atoms with Crippen LogP contribution >= 0.6 is 0 Å². The van der Waals surface area contributed by atoms with E-state index < -0.39 is 0 Å². The minimum absolute atomic E-state index is 0.0316. The van der Waals surface area contributed by atoms with Gasteiger partial charge in [0, 0.05) is 24.7 Å². The number of para-hydroxylation sites is 1. The molecule has 0 saturated carbocycles. The van der Waals surface area contributed by atoms with Crippen LogP contribution in [0.15, 0.2) is 36.5 Å². The first-order chi connectivity index (χ1) is 10.6. The van der Waals surface area contributed by atoms with E-state index in [4.69, 9.17) is 5.73 Å². The highest BCUT2D eigenvalue weighted by atomic mass is 16.2. The molecule has 3 rings (SSSR count). The average Bonchev–Trinajstić information content (AvgIpc) is 2.55. The lowest BCUT2D eigenvalue weighted by Gasteiger charge is -2.31. The summed E-state index contributed by atoms with van der Waals surface area (Å²) in [6.07, 6.45) is 3.64. The normalized spacial score (nSPS) is 18.4. The predicted octanol–water partition coefficient (Wildman–Crippen LogP) is 1.50. The number of carbonyl (C=O) groups excluding carboxylic acids is 2. The third-order valence-electron chi connectivity index (χ3n) is 4.23. The highest BCUT2D eigenvalue weighted by molar-refractivity contribution is 5.88. The number of likely N-dealkylation sites (tertiary alicyclic amines) is 1. The van der Waals surface area contributed by atoms with Crippen LogP contribution in [-0.4, -0.2) is 34.8 Å². The molecule has 2 amide bonds. The first-order valence-electron chi connectivity index (χ1n) is 7.55.